The molecule has 0 aliphatic carbocycles. The van der Waals surface area contributed by atoms with Crippen LogP contribution >= 0.6 is 15.9 Å². The number of aryl methyl sites for hydroxylation is 1. The molecule has 2 amide bonds. The summed E-state index contributed by atoms with van der Waals surface area (Å²) in [6.45, 7) is 8.85. The molecule has 8 heteroatoms. The van der Waals surface area contributed by atoms with Gasteiger partial charge in [-0.2, -0.15) is 5.10 Å². The van der Waals surface area contributed by atoms with E-state index in [9.17, 15) is 9.59 Å². The van der Waals surface area contributed by atoms with Crippen molar-refractivity contribution in [3.63, 3.8) is 0 Å². The molecular formula is C15H23BrN4O3. The van der Waals surface area contributed by atoms with E-state index in [1.54, 1.807) is 27.7 Å². The van der Waals surface area contributed by atoms with Crippen LogP contribution in [0.3, 0.4) is 0 Å². The van der Waals surface area contributed by atoms with Gasteiger partial charge in [0.25, 0.3) is 5.91 Å². The van der Waals surface area contributed by atoms with E-state index >= 15 is 0 Å². The van der Waals surface area contributed by atoms with Crippen molar-refractivity contribution < 1.29 is 14.3 Å². The minimum Gasteiger partial charge on any atom is -0.444 e. The van der Waals surface area contributed by atoms with Crippen molar-refractivity contribution in [1.29, 1.82) is 0 Å². The van der Waals surface area contributed by atoms with E-state index in [0.29, 0.717) is 29.8 Å². The van der Waals surface area contributed by atoms with Gasteiger partial charge in [-0.25, -0.2) is 4.79 Å². The van der Waals surface area contributed by atoms with Gasteiger partial charge >= 0.3 is 6.09 Å². The van der Waals surface area contributed by atoms with E-state index in [4.69, 9.17) is 4.74 Å². The summed E-state index contributed by atoms with van der Waals surface area (Å²) in [4.78, 5) is 28.2. The number of aromatic nitrogens is 2. The molecule has 1 aromatic heterocycles. The second-order valence-corrected chi connectivity index (χ2v) is 7.50. The standard InChI is InChI=1S/C15H23BrN4O3/c1-10-9-19(13(21)11-8-17-18(5)12(11)16)6-7-20(10)14(22)23-15(2,3)4/h8,10H,6-7,9H2,1-5H3/t10-/m0/s1. The monoisotopic (exact) mass is 386 g/mol. The van der Waals surface area contributed by atoms with Crippen molar-refractivity contribution in [2.45, 2.75) is 39.3 Å². The molecule has 1 aromatic rings. The SMILES string of the molecule is C[C@H]1CN(C(=O)c2cnn(C)c2Br)CCN1C(=O)OC(C)(C)C. The van der Waals surface area contributed by atoms with E-state index in [2.05, 4.69) is 21.0 Å². The number of nitrogens with zero attached hydrogens (tertiary/aromatic N) is 4. The van der Waals surface area contributed by atoms with E-state index in [1.807, 2.05) is 27.7 Å². The third kappa shape index (κ3) is 4.04. The highest BCUT2D eigenvalue weighted by atomic mass is 79.9. The summed E-state index contributed by atoms with van der Waals surface area (Å²) in [5.74, 6) is -0.0827. The summed E-state index contributed by atoms with van der Waals surface area (Å²) in [5, 5.41) is 4.07. The summed E-state index contributed by atoms with van der Waals surface area (Å²) in [6, 6.07) is -0.0991. The molecule has 128 valence electrons. The average molecular weight is 387 g/mol. The molecule has 23 heavy (non-hydrogen) atoms. The lowest BCUT2D eigenvalue weighted by molar-refractivity contribution is 0.00197. The van der Waals surface area contributed by atoms with Gasteiger partial charge in [0.1, 0.15) is 10.2 Å². The molecular weight excluding hydrogens is 364 g/mol. The maximum Gasteiger partial charge on any atom is 0.410 e. The first-order chi connectivity index (χ1) is 10.6. The zero-order chi connectivity index (χ0) is 17.4. The molecule has 0 aromatic carbocycles. The number of halogens is 1. The number of ether oxygens (including phenoxy) is 1. The molecule has 0 bridgehead atoms. The Kier molecular flexibility index (Phi) is 5.03. The molecule has 0 N–H and O–H groups in total. The highest BCUT2D eigenvalue weighted by molar-refractivity contribution is 9.10. The van der Waals surface area contributed by atoms with Crippen LogP contribution in [0.1, 0.15) is 38.1 Å². The Morgan fingerprint density at radius 2 is 2.00 bits per heavy atom. The fraction of sp³-hybridized carbons (Fsp3) is 0.667. The highest BCUT2D eigenvalue weighted by Gasteiger charge is 2.33. The van der Waals surface area contributed by atoms with Crippen LogP contribution in [-0.2, 0) is 11.8 Å². The first kappa shape index (κ1) is 17.8. The van der Waals surface area contributed by atoms with Crippen LogP contribution < -0.4 is 0 Å². The quantitative estimate of drug-likeness (QED) is 0.742. The number of hydrogen-bond donors (Lipinski definition) is 0. The molecule has 0 spiro atoms. The summed E-state index contributed by atoms with van der Waals surface area (Å²) in [5.41, 5.74) is 0.00931. The van der Waals surface area contributed by atoms with Gasteiger partial charge in [0.15, 0.2) is 0 Å². The first-order valence-corrected chi connectivity index (χ1v) is 8.36. The molecule has 0 radical (unpaired) electrons. The number of carbonyl (C=O) groups excluding carboxylic acids is 2. The molecule has 0 saturated carbocycles. The Labute approximate surface area is 144 Å². The van der Waals surface area contributed by atoms with Crippen LogP contribution in [0.25, 0.3) is 0 Å². The minimum atomic E-state index is -0.523. The van der Waals surface area contributed by atoms with Gasteiger partial charge in [-0.3, -0.25) is 9.48 Å². The third-order valence-electron chi connectivity index (χ3n) is 3.64. The summed E-state index contributed by atoms with van der Waals surface area (Å²) in [7, 11) is 1.77. The van der Waals surface area contributed by atoms with Crippen LogP contribution in [-0.4, -0.2) is 62.9 Å². The van der Waals surface area contributed by atoms with Crippen molar-refractivity contribution in [3.05, 3.63) is 16.4 Å². The van der Waals surface area contributed by atoms with E-state index in [0.717, 1.165) is 0 Å². The zero-order valence-corrected chi connectivity index (χ0v) is 15.8. The predicted octanol–water partition coefficient (Wildman–Crippen LogP) is 2.26. The predicted molar refractivity (Wildman–Crippen MR) is 89.2 cm³/mol. The molecule has 1 aliphatic heterocycles. The minimum absolute atomic E-state index is 0.0827. The van der Waals surface area contributed by atoms with Crippen molar-refractivity contribution in [1.82, 2.24) is 19.6 Å². The molecule has 1 atom stereocenters. The fourth-order valence-electron chi connectivity index (χ4n) is 2.47. The Morgan fingerprint density at radius 3 is 2.48 bits per heavy atom. The summed E-state index contributed by atoms with van der Waals surface area (Å²) in [6.07, 6.45) is 1.22. The lowest BCUT2D eigenvalue weighted by Crippen LogP contribution is -2.56. The first-order valence-electron chi connectivity index (χ1n) is 7.56. The van der Waals surface area contributed by atoms with Crippen LogP contribution in [0.2, 0.25) is 0 Å². The van der Waals surface area contributed by atoms with Crippen molar-refractivity contribution in [2.24, 2.45) is 7.05 Å². The maximum atomic E-state index is 12.6. The van der Waals surface area contributed by atoms with Crippen LogP contribution in [0, 0.1) is 0 Å². The molecule has 7 nitrogen and oxygen atoms in total. The number of amides is 2. The van der Waals surface area contributed by atoms with Crippen LogP contribution in [0.4, 0.5) is 4.79 Å². The lowest BCUT2D eigenvalue weighted by Gasteiger charge is -2.40. The maximum absolute atomic E-state index is 12.6. The van der Waals surface area contributed by atoms with Crippen LogP contribution in [0.15, 0.2) is 10.8 Å². The van der Waals surface area contributed by atoms with Gasteiger partial charge in [-0.15, -0.1) is 0 Å². The normalized spacial score (nSPS) is 19.0. The average Bonchev–Trinajstić information content (AvgIpc) is 2.76. The Hall–Kier alpha value is -1.57. The lowest BCUT2D eigenvalue weighted by atomic mass is 10.1. The van der Waals surface area contributed by atoms with E-state index < -0.39 is 5.60 Å². The second-order valence-electron chi connectivity index (χ2n) is 6.75. The van der Waals surface area contributed by atoms with Crippen molar-refractivity contribution in [2.75, 3.05) is 19.6 Å². The molecule has 1 fully saturated rings. The summed E-state index contributed by atoms with van der Waals surface area (Å²) < 4.78 is 7.68. The second kappa shape index (κ2) is 6.51. The zero-order valence-electron chi connectivity index (χ0n) is 14.2. The van der Waals surface area contributed by atoms with Gasteiger partial charge in [-0.1, -0.05) is 0 Å². The fourth-order valence-corrected chi connectivity index (χ4v) is 2.83. The van der Waals surface area contributed by atoms with Gasteiger partial charge in [0.05, 0.1) is 11.8 Å². The smallest absolute Gasteiger partial charge is 0.410 e. The van der Waals surface area contributed by atoms with Crippen molar-refractivity contribution >= 4 is 27.9 Å². The number of hydrogen-bond acceptors (Lipinski definition) is 4. The summed E-state index contributed by atoms with van der Waals surface area (Å²) >= 11 is 3.37. The largest absolute Gasteiger partial charge is 0.444 e. The number of piperazine rings is 1. The molecule has 1 aliphatic rings. The molecule has 2 rings (SSSR count). The molecule has 2 heterocycles. The number of carbonyl (C=O) groups is 2. The van der Waals surface area contributed by atoms with Gasteiger partial charge in [0, 0.05) is 32.7 Å². The van der Waals surface area contributed by atoms with Gasteiger partial charge in [0.2, 0.25) is 0 Å². The molecule has 0 unspecified atom stereocenters. The van der Waals surface area contributed by atoms with E-state index in [1.165, 1.54) is 0 Å². The Bertz CT molecular complexity index is 608. The molecule has 1 saturated heterocycles. The highest BCUT2D eigenvalue weighted by Crippen LogP contribution is 2.20. The third-order valence-corrected chi connectivity index (χ3v) is 4.58. The Morgan fingerprint density at radius 1 is 1.35 bits per heavy atom. The van der Waals surface area contributed by atoms with Crippen molar-refractivity contribution in [3.8, 4) is 0 Å². The van der Waals surface area contributed by atoms with Crippen LogP contribution in [0.5, 0.6) is 0 Å². The number of rotatable bonds is 1. The van der Waals surface area contributed by atoms with Gasteiger partial charge in [-0.05, 0) is 43.6 Å². The van der Waals surface area contributed by atoms with E-state index in [-0.39, 0.29) is 18.0 Å². The van der Waals surface area contributed by atoms with Gasteiger partial charge < -0.3 is 14.5 Å². The topological polar surface area (TPSA) is 67.7 Å². The Balaban J connectivity index is 2.02.